The van der Waals surface area contributed by atoms with Crippen LogP contribution in [0.2, 0.25) is 4.34 Å². The quantitative estimate of drug-likeness (QED) is 0.938. The van der Waals surface area contributed by atoms with Crippen LogP contribution in [0.1, 0.15) is 36.5 Å². The van der Waals surface area contributed by atoms with Crippen LogP contribution in [0.3, 0.4) is 0 Å². The summed E-state index contributed by atoms with van der Waals surface area (Å²) in [4.78, 5) is 16.8. The van der Waals surface area contributed by atoms with E-state index in [0.29, 0.717) is 10.2 Å². The molecule has 0 aliphatic rings. The number of carbonyl (C=O) groups is 1. The van der Waals surface area contributed by atoms with E-state index in [2.05, 4.69) is 20.0 Å². The smallest absolute Gasteiger partial charge is 0.228 e. The zero-order valence-electron chi connectivity index (χ0n) is 9.88. The van der Waals surface area contributed by atoms with Gasteiger partial charge in [-0.25, -0.2) is 0 Å². The molecule has 0 aliphatic heterocycles. The molecule has 7 heteroatoms. The molecule has 2 rings (SSSR count). The van der Waals surface area contributed by atoms with Gasteiger partial charge in [0.1, 0.15) is 0 Å². The van der Waals surface area contributed by atoms with Crippen LogP contribution in [0, 0.1) is 0 Å². The molecule has 2 unspecified atom stereocenters. The van der Waals surface area contributed by atoms with Crippen LogP contribution in [0.5, 0.6) is 0 Å². The fourth-order valence-electron chi connectivity index (χ4n) is 1.46. The second kappa shape index (κ2) is 5.49. The second-order valence-electron chi connectivity index (χ2n) is 3.88. The highest BCUT2D eigenvalue weighted by Gasteiger charge is 2.20. The van der Waals surface area contributed by atoms with Crippen molar-refractivity contribution in [2.75, 3.05) is 0 Å². The van der Waals surface area contributed by atoms with Gasteiger partial charge in [0, 0.05) is 4.88 Å². The summed E-state index contributed by atoms with van der Waals surface area (Å²) in [7, 11) is 0. The fraction of sp³-hybridized carbons (Fsp3) is 0.364. The molecular formula is C11H12ClN3O2S. The predicted molar refractivity (Wildman–Crippen MR) is 68.6 cm³/mol. The van der Waals surface area contributed by atoms with Crippen LogP contribution in [0.25, 0.3) is 0 Å². The Bertz CT molecular complexity index is 526. The van der Waals surface area contributed by atoms with Crippen molar-refractivity contribution in [2.45, 2.75) is 25.8 Å². The Morgan fingerprint density at radius 2 is 2.28 bits per heavy atom. The summed E-state index contributed by atoms with van der Waals surface area (Å²) in [5.74, 6) is 0.113. The standard InChI is InChI=1S/C11H12ClN3O2S/c1-6(8-3-4-9(12)18-8)11(16)14-7(2)10-13-5-17-15-10/h3-7H,1-2H3,(H,14,16). The first kappa shape index (κ1) is 13.0. The van der Waals surface area contributed by atoms with E-state index in [4.69, 9.17) is 11.6 Å². The Kier molecular flexibility index (Phi) is 3.98. The van der Waals surface area contributed by atoms with E-state index in [1.165, 1.54) is 17.7 Å². The van der Waals surface area contributed by atoms with Crippen molar-refractivity contribution in [2.24, 2.45) is 0 Å². The normalized spacial score (nSPS) is 14.2. The van der Waals surface area contributed by atoms with Crippen LogP contribution < -0.4 is 5.32 Å². The molecule has 2 aromatic rings. The van der Waals surface area contributed by atoms with E-state index >= 15 is 0 Å². The van der Waals surface area contributed by atoms with Crippen molar-refractivity contribution >= 4 is 28.8 Å². The first-order chi connectivity index (χ1) is 8.58. The Balaban J connectivity index is 1.99. The van der Waals surface area contributed by atoms with E-state index in [0.717, 1.165) is 4.88 Å². The van der Waals surface area contributed by atoms with Crippen LogP contribution in [0.4, 0.5) is 0 Å². The maximum absolute atomic E-state index is 12.0. The average Bonchev–Trinajstić information content (AvgIpc) is 2.98. The number of aromatic nitrogens is 2. The summed E-state index contributed by atoms with van der Waals surface area (Å²) < 4.78 is 5.31. The molecule has 1 amide bonds. The Hall–Kier alpha value is -1.40. The van der Waals surface area contributed by atoms with Crippen molar-refractivity contribution in [3.05, 3.63) is 33.6 Å². The van der Waals surface area contributed by atoms with Crippen LogP contribution in [-0.2, 0) is 4.79 Å². The molecule has 1 N–H and O–H groups in total. The first-order valence-electron chi connectivity index (χ1n) is 5.40. The third-order valence-electron chi connectivity index (χ3n) is 2.54. The van der Waals surface area contributed by atoms with E-state index in [-0.39, 0.29) is 17.9 Å². The Morgan fingerprint density at radius 1 is 1.50 bits per heavy atom. The lowest BCUT2D eigenvalue weighted by atomic mass is 10.1. The largest absolute Gasteiger partial charge is 0.346 e. The third-order valence-corrected chi connectivity index (χ3v) is 3.95. The van der Waals surface area contributed by atoms with Gasteiger partial charge in [0.15, 0.2) is 5.82 Å². The molecule has 0 aromatic carbocycles. The van der Waals surface area contributed by atoms with Gasteiger partial charge in [-0.1, -0.05) is 16.8 Å². The number of amides is 1. The molecule has 0 saturated heterocycles. The molecule has 5 nitrogen and oxygen atoms in total. The molecule has 2 aromatic heterocycles. The lowest BCUT2D eigenvalue weighted by molar-refractivity contribution is -0.122. The number of carbonyl (C=O) groups excluding carboxylic acids is 1. The fourth-order valence-corrected chi connectivity index (χ4v) is 2.57. The maximum atomic E-state index is 12.0. The number of hydrogen-bond acceptors (Lipinski definition) is 5. The first-order valence-corrected chi connectivity index (χ1v) is 6.59. The van der Waals surface area contributed by atoms with E-state index in [9.17, 15) is 4.79 Å². The number of hydrogen-bond donors (Lipinski definition) is 1. The predicted octanol–water partition coefficient (Wildman–Crippen LogP) is 2.77. The molecular weight excluding hydrogens is 274 g/mol. The van der Waals surface area contributed by atoms with Gasteiger partial charge in [-0.3, -0.25) is 4.79 Å². The highest BCUT2D eigenvalue weighted by Crippen LogP contribution is 2.28. The minimum atomic E-state index is -0.283. The van der Waals surface area contributed by atoms with Crippen molar-refractivity contribution in [3.8, 4) is 0 Å². The molecule has 0 saturated carbocycles. The molecule has 2 heterocycles. The lowest BCUT2D eigenvalue weighted by Crippen LogP contribution is -2.30. The maximum Gasteiger partial charge on any atom is 0.228 e. The Morgan fingerprint density at radius 3 is 2.83 bits per heavy atom. The SMILES string of the molecule is CC(NC(=O)C(C)c1ccc(Cl)s1)c1ncon1. The van der Waals surface area contributed by atoms with Gasteiger partial charge >= 0.3 is 0 Å². The van der Waals surface area contributed by atoms with Crippen molar-refractivity contribution in [1.82, 2.24) is 15.5 Å². The number of rotatable bonds is 4. The summed E-state index contributed by atoms with van der Waals surface area (Å²) in [6, 6.07) is 3.36. The molecule has 0 spiro atoms. The number of nitrogens with zero attached hydrogens (tertiary/aromatic N) is 2. The van der Waals surface area contributed by atoms with Gasteiger partial charge in [-0.05, 0) is 26.0 Å². The van der Waals surface area contributed by atoms with E-state index in [1.54, 1.807) is 13.0 Å². The number of nitrogens with one attached hydrogen (secondary N) is 1. The summed E-state index contributed by atoms with van der Waals surface area (Å²) in [6.07, 6.45) is 1.24. The zero-order valence-corrected chi connectivity index (χ0v) is 11.5. The monoisotopic (exact) mass is 285 g/mol. The van der Waals surface area contributed by atoms with Crippen molar-refractivity contribution in [1.29, 1.82) is 0 Å². The van der Waals surface area contributed by atoms with E-state index in [1.807, 2.05) is 13.0 Å². The molecule has 0 fully saturated rings. The molecule has 18 heavy (non-hydrogen) atoms. The van der Waals surface area contributed by atoms with Crippen molar-refractivity contribution in [3.63, 3.8) is 0 Å². The average molecular weight is 286 g/mol. The van der Waals surface area contributed by atoms with Gasteiger partial charge in [0.2, 0.25) is 12.3 Å². The van der Waals surface area contributed by atoms with Gasteiger partial charge in [-0.2, -0.15) is 4.98 Å². The summed E-state index contributed by atoms with van der Waals surface area (Å²) in [5, 5.41) is 6.52. The van der Waals surface area contributed by atoms with Gasteiger partial charge in [0.25, 0.3) is 0 Å². The van der Waals surface area contributed by atoms with Crippen molar-refractivity contribution < 1.29 is 9.32 Å². The van der Waals surface area contributed by atoms with Crippen LogP contribution in [0.15, 0.2) is 23.0 Å². The topological polar surface area (TPSA) is 68.0 Å². The van der Waals surface area contributed by atoms with Crippen LogP contribution >= 0.6 is 22.9 Å². The van der Waals surface area contributed by atoms with E-state index < -0.39 is 0 Å². The Labute approximate surface area is 113 Å². The molecule has 96 valence electrons. The summed E-state index contributed by atoms with van der Waals surface area (Å²) in [6.45, 7) is 3.64. The molecule has 0 radical (unpaired) electrons. The highest BCUT2D eigenvalue weighted by atomic mass is 35.5. The summed E-state index contributed by atoms with van der Waals surface area (Å²) in [5.41, 5.74) is 0. The highest BCUT2D eigenvalue weighted by molar-refractivity contribution is 7.16. The van der Waals surface area contributed by atoms with Gasteiger partial charge in [-0.15, -0.1) is 11.3 Å². The molecule has 0 aliphatic carbocycles. The number of thiophene rings is 1. The minimum absolute atomic E-state index is 0.0918. The minimum Gasteiger partial charge on any atom is -0.346 e. The van der Waals surface area contributed by atoms with Gasteiger partial charge in [0.05, 0.1) is 16.3 Å². The molecule has 0 bridgehead atoms. The lowest BCUT2D eigenvalue weighted by Gasteiger charge is -2.14. The zero-order chi connectivity index (χ0) is 13.1. The van der Waals surface area contributed by atoms with Crippen LogP contribution in [-0.4, -0.2) is 16.0 Å². The second-order valence-corrected chi connectivity index (χ2v) is 5.63. The van der Waals surface area contributed by atoms with Gasteiger partial charge < -0.3 is 9.84 Å². The molecule has 2 atom stereocenters. The third kappa shape index (κ3) is 2.88. The summed E-state index contributed by atoms with van der Waals surface area (Å²) >= 11 is 7.25. The number of halogens is 1.